The molecule has 1 aliphatic rings. The Balaban J connectivity index is 2.36. The van der Waals surface area contributed by atoms with Crippen LogP contribution in [0.3, 0.4) is 0 Å². The highest BCUT2D eigenvalue weighted by molar-refractivity contribution is 5.99. The van der Waals surface area contributed by atoms with Crippen LogP contribution in [-0.2, 0) is 0 Å². The first kappa shape index (κ1) is 9.11. The van der Waals surface area contributed by atoms with Gasteiger partial charge in [-0.05, 0) is 31.2 Å². The maximum atomic E-state index is 2.38. The fraction of sp³-hybridized carbons (Fsp3) is 0.200. The highest BCUT2D eigenvalue weighted by Crippen LogP contribution is 2.25. The SMILES string of the molecule is Cc1cc2ccc3ccc[n+]4c3c2[n+](c1)[C@H]4C. The second-order valence-corrected chi connectivity index (χ2v) is 4.91. The maximum absolute atomic E-state index is 2.38. The van der Waals surface area contributed by atoms with Crippen molar-refractivity contribution in [3.8, 4) is 0 Å². The molecule has 4 rings (SSSR count). The van der Waals surface area contributed by atoms with E-state index >= 15 is 0 Å². The second-order valence-electron chi connectivity index (χ2n) is 4.91. The molecule has 2 aromatic heterocycles. The van der Waals surface area contributed by atoms with Gasteiger partial charge in [0.1, 0.15) is 0 Å². The predicted molar refractivity (Wildman–Crippen MR) is 66.7 cm³/mol. The van der Waals surface area contributed by atoms with Crippen LogP contribution in [0.2, 0.25) is 0 Å². The zero-order valence-corrected chi connectivity index (χ0v) is 10.0. The van der Waals surface area contributed by atoms with E-state index in [2.05, 4.69) is 65.7 Å². The Morgan fingerprint density at radius 1 is 1.00 bits per heavy atom. The number of aromatic nitrogens is 2. The number of nitrogens with zero attached hydrogens (tertiary/aromatic N) is 2. The third kappa shape index (κ3) is 1.00. The van der Waals surface area contributed by atoms with Gasteiger partial charge in [-0.1, -0.05) is 0 Å². The summed E-state index contributed by atoms with van der Waals surface area (Å²) in [6, 6.07) is 11.0. The van der Waals surface area contributed by atoms with Crippen LogP contribution in [0.4, 0.5) is 0 Å². The molecule has 0 bridgehead atoms. The van der Waals surface area contributed by atoms with Crippen LogP contribution in [0, 0.1) is 6.92 Å². The van der Waals surface area contributed by atoms with Gasteiger partial charge in [0.15, 0.2) is 12.4 Å². The van der Waals surface area contributed by atoms with Crippen LogP contribution < -0.4 is 9.13 Å². The van der Waals surface area contributed by atoms with Gasteiger partial charge in [0.05, 0.1) is 17.7 Å². The largest absolute Gasteiger partial charge is 0.350 e. The monoisotopic (exact) mass is 222 g/mol. The normalized spacial score (nSPS) is 17.4. The molecule has 0 spiro atoms. The lowest BCUT2D eigenvalue weighted by Gasteiger charge is -1.97. The van der Waals surface area contributed by atoms with Crippen molar-refractivity contribution in [3.63, 3.8) is 0 Å². The Hall–Kier alpha value is -1.96. The van der Waals surface area contributed by atoms with Crippen molar-refractivity contribution in [1.29, 1.82) is 0 Å². The zero-order valence-electron chi connectivity index (χ0n) is 10.0. The van der Waals surface area contributed by atoms with E-state index in [1.807, 2.05) is 0 Å². The summed E-state index contributed by atoms with van der Waals surface area (Å²) in [5.74, 6) is 0. The zero-order chi connectivity index (χ0) is 11.6. The molecule has 17 heavy (non-hydrogen) atoms. The third-order valence-electron chi connectivity index (χ3n) is 3.78. The quantitative estimate of drug-likeness (QED) is 0.407. The fourth-order valence-corrected chi connectivity index (χ4v) is 3.03. The highest BCUT2D eigenvalue weighted by atomic mass is 15.2. The molecule has 2 nitrogen and oxygen atoms in total. The van der Waals surface area contributed by atoms with Gasteiger partial charge < -0.3 is 0 Å². The molecule has 0 unspecified atom stereocenters. The minimum absolute atomic E-state index is 0.374. The molecule has 0 amide bonds. The van der Waals surface area contributed by atoms with Gasteiger partial charge in [-0.3, -0.25) is 0 Å². The van der Waals surface area contributed by atoms with E-state index in [0.717, 1.165) is 0 Å². The van der Waals surface area contributed by atoms with E-state index in [4.69, 9.17) is 0 Å². The first-order chi connectivity index (χ1) is 8.25. The number of pyridine rings is 2. The summed E-state index contributed by atoms with van der Waals surface area (Å²) in [6.45, 7) is 4.41. The Morgan fingerprint density at radius 2 is 1.76 bits per heavy atom. The smallest absolute Gasteiger partial charge is 0.131 e. The third-order valence-corrected chi connectivity index (χ3v) is 3.78. The molecule has 1 atom stereocenters. The minimum Gasteiger partial charge on any atom is -0.131 e. The van der Waals surface area contributed by atoms with E-state index < -0.39 is 0 Å². The fourth-order valence-electron chi connectivity index (χ4n) is 3.03. The van der Waals surface area contributed by atoms with E-state index in [9.17, 15) is 0 Å². The van der Waals surface area contributed by atoms with Crippen LogP contribution in [0.1, 0.15) is 18.7 Å². The first-order valence-electron chi connectivity index (χ1n) is 6.04. The summed E-state index contributed by atoms with van der Waals surface area (Å²) in [4.78, 5) is 0. The van der Waals surface area contributed by atoms with Crippen molar-refractivity contribution in [2.24, 2.45) is 0 Å². The van der Waals surface area contributed by atoms with Crippen LogP contribution in [0.5, 0.6) is 0 Å². The van der Waals surface area contributed by atoms with Crippen molar-refractivity contribution in [1.82, 2.24) is 0 Å². The lowest BCUT2D eigenvalue weighted by atomic mass is 10.1. The van der Waals surface area contributed by atoms with Crippen LogP contribution >= 0.6 is 0 Å². The van der Waals surface area contributed by atoms with Crippen LogP contribution in [0.25, 0.3) is 21.8 Å². The molecule has 0 radical (unpaired) electrons. The van der Waals surface area contributed by atoms with Crippen LogP contribution in [-0.4, -0.2) is 0 Å². The van der Waals surface area contributed by atoms with Crippen molar-refractivity contribution in [2.75, 3.05) is 0 Å². The molecule has 3 aromatic rings. The molecule has 1 aliphatic heterocycles. The molecule has 2 heteroatoms. The van der Waals surface area contributed by atoms with Crippen molar-refractivity contribution in [2.45, 2.75) is 20.0 Å². The van der Waals surface area contributed by atoms with Crippen molar-refractivity contribution >= 4 is 21.8 Å². The summed E-state index contributed by atoms with van der Waals surface area (Å²) < 4.78 is 4.74. The topological polar surface area (TPSA) is 7.76 Å². The summed E-state index contributed by atoms with van der Waals surface area (Å²) in [7, 11) is 0. The van der Waals surface area contributed by atoms with Crippen molar-refractivity contribution in [3.05, 3.63) is 48.3 Å². The molecular formula is C15H14N2+2. The van der Waals surface area contributed by atoms with Gasteiger partial charge in [0, 0.05) is 11.6 Å². The Morgan fingerprint density at radius 3 is 2.65 bits per heavy atom. The van der Waals surface area contributed by atoms with E-state index in [1.54, 1.807) is 0 Å². The molecule has 0 fully saturated rings. The molecule has 82 valence electrons. The number of rotatable bonds is 0. The Labute approximate surface area is 99.7 Å². The molecule has 1 aromatic carbocycles. The number of hydrogen-bond acceptors (Lipinski definition) is 0. The van der Waals surface area contributed by atoms with E-state index in [1.165, 1.54) is 27.4 Å². The Bertz CT molecular complexity index is 775. The summed E-state index contributed by atoms with van der Waals surface area (Å²) in [6.07, 6.45) is 4.80. The molecule has 3 heterocycles. The Kier molecular flexibility index (Phi) is 1.52. The molecule has 0 saturated heterocycles. The second kappa shape index (κ2) is 2.83. The molecular weight excluding hydrogens is 208 g/mol. The average Bonchev–Trinajstić information content (AvgIpc) is 2.62. The molecule has 0 aliphatic carbocycles. The number of aryl methyl sites for hydroxylation is 1. The summed E-state index contributed by atoms with van der Waals surface area (Å²) >= 11 is 0. The van der Waals surface area contributed by atoms with Crippen LogP contribution in [0.15, 0.2) is 42.7 Å². The lowest BCUT2D eigenvalue weighted by Crippen LogP contribution is -2.50. The van der Waals surface area contributed by atoms with Gasteiger partial charge >= 0.3 is 6.17 Å². The lowest BCUT2D eigenvalue weighted by molar-refractivity contribution is -0.902. The van der Waals surface area contributed by atoms with Gasteiger partial charge in [-0.15, -0.1) is 9.13 Å². The van der Waals surface area contributed by atoms with Gasteiger partial charge in [-0.2, -0.15) is 0 Å². The van der Waals surface area contributed by atoms with Gasteiger partial charge in [0.2, 0.25) is 0 Å². The predicted octanol–water partition coefficient (Wildman–Crippen LogP) is 2.26. The molecule has 0 saturated carbocycles. The van der Waals surface area contributed by atoms with Gasteiger partial charge in [0.25, 0.3) is 11.0 Å². The number of benzene rings is 1. The summed E-state index contributed by atoms with van der Waals surface area (Å²) in [5, 5.41) is 2.66. The average molecular weight is 222 g/mol. The summed E-state index contributed by atoms with van der Waals surface area (Å²) in [5.41, 5.74) is 4.04. The van der Waals surface area contributed by atoms with Gasteiger partial charge in [-0.25, -0.2) is 0 Å². The molecule has 0 N–H and O–H groups in total. The van der Waals surface area contributed by atoms with E-state index in [0.29, 0.717) is 6.17 Å². The van der Waals surface area contributed by atoms with Crippen molar-refractivity contribution < 1.29 is 9.13 Å². The standard InChI is InChI=1S/C15H14N2/c1-10-8-13-6-5-12-4-3-7-16-11(2)17(9-10)15(13)14(12)16/h3-9,11H,1-2H3/q+2/t11-/m0/s1. The maximum Gasteiger partial charge on any atom is 0.350 e. The minimum atomic E-state index is 0.374. The van der Waals surface area contributed by atoms with E-state index in [-0.39, 0.29) is 0 Å². The number of hydrogen-bond donors (Lipinski definition) is 0. The first-order valence-corrected chi connectivity index (χ1v) is 6.04. The highest BCUT2D eigenvalue weighted by Gasteiger charge is 2.37.